The molecule has 0 spiro atoms. The number of halogens is 1. The molecule has 2 heterocycles. The van der Waals surface area contributed by atoms with Crippen molar-refractivity contribution in [3.63, 3.8) is 0 Å². The third-order valence-electron chi connectivity index (χ3n) is 6.31. The molecule has 2 atom stereocenters. The third-order valence-corrected chi connectivity index (χ3v) is 6.31. The largest absolute Gasteiger partial charge is 0.497 e. The van der Waals surface area contributed by atoms with E-state index in [4.69, 9.17) is 10.5 Å². The van der Waals surface area contributed by atoms with Crippen molar-refractivity contribution >= 4 is 35.8 Å². The van der Waals surface area contributed by atoms with Gasteiger partial charge in [0.25, 0.3) is 0 Å². The highest BCUT2D eigenvalue weighted by atomic mass is 127. The molecule has 8 heteroatoms. The maximum atomic E-state index is 11.3. The minimum atomic E-state index is -0.213. The predicted octanol–water partition coefficient (Wildman–Crippen LogP) is 3.00. The number of carbonyl (C=O) groups excluding carboxylic acids is 1. The number of nitrogens with two attached hydrogens (primary N) is 1. The van der Waals surface area contributed by atoms with E-state index in [1.165, 1.54) is 24.8 Å². The van der Waals surface area contributed by atoms with Crippen LogP contribution in [0.15, 0.2) is 29.3 Å². The van der Waals surface area contributed by atoms with Gasteiger partial charge in [0.15, 0.2) is 5.96 Å². The van der Waals surface area contributed by atoms with E-state index in [-0.39, 0.29) is 29.9 Å². The number of methoxy groups -OCH3 is 1. The highest BCUT2D eigenvalue weighted by Gasteiger charge is 2.26. The summed E-state index contributed by atoms with van der Waals surface area (Å²) in [6.07, 6.45) is 6.39. The van der Waals surface area contributed by atoms with Crippen LogP contribution in [0.2, 0.25) is 0 Å². The number of likely N-dealkylation sites (tertiary alicyclic amines) is 2. The molecule has 174 valence electrons. The summed E-state index contributed by atoms with van der Waals surface area (Å²) in [5.74, 6) is 1.90. The van der Waals surface area contributed by atoms with Gasteiger partial charge in [0.05, 0.1) is 13.2 Å². The number of amides is 1. The van der Waals surface area contributed by atoms with Gasteiger partial charge in [0.1, 0.15) is 5.75 Å². The second-order valence-corrected chi connectivity index (χ2v) is 8.44. The molecule has 7 nitrogen and oxygen atoms in total. The zero-order chi connectivity index (χ0) is 21.3. The van der Waals surface area contributed by atoms with Crippen LogP contribution in [0.3, 0.4) is 0 Å². The highest BCUT2D eigenvalue weighted by molar-refractivity contribution is 14.0. The van der Waals surface area contributed by atoms with Gasteiger partial charge in [-0.25, -0.2) is 0 Å². The van der Waals surface area contributed by atoms with Crippen molar-refractivity contribution < 1.29 is 9.53 Å². The van der Waals surface area contributed by atoms with Crippen LogP contribution >= 0.6 is 24.0 Å². The Bertz CT molecular complexity index is 706. The number of benzene rings is 1. The van der Waals surface area contributed by atoms with Gasteiger partial charge >= 0.3 is 0 Å². The fourth-order valence-corrected chi connectivity index (χ4v) is 4.74. The van der Waals surface area contributed by atoms with E-state index in [1.54, 1.807) is 7.11 Å². The number of primary amides is 1. The molecule has 31 heavy (non-hydrogen) atoms. The van der Waals surface area contributed by atoms with Crippen molar-refractivity contribution in [2.75, 3.05) is 46.9 Å². The lowest BCUT2D eigenvalue weighted by molar-refractivity contribution is -0.119. The molecule has 1 aromatic carbocycles. The minimum absolute atomic E-state index is 0. The lowest BCUT2D eigenvalue weighted by Gasteiger charge is -2.38. The maximum absolute atomic E-state index is 11.3. The Labute approximate surface area is 203 Å². The van der Waals surface area contributed by atoms with Crippen molar-refractivity contribution in [2.24, 2.45) is 16.6 Å². The number of rotatable bonds is 7. The smallest absolute Gasteiger partial charge is 0.217 e. The fourth-order valence-electron chi connectivity index (χ4n) is 4.74. The number of aliphatic imine (C=N–C) groups is 1. The Hall–Kier alpha value is -1.55. The molecule has 1 aromatic rings. The van der Waals surface area contributed by atoms with E-state index in [0.717, 1.165) is 57.3 Å². The average molecular weight is 543 g/mol. The monoisotopic (exact) mass is 543 g/mol. The van der Waals surface area contributed by atoms with Crippen LogP contribution in [0.5, 0.6) is 5.75 Å². The standard InChI is InChI=1S/C23H37N5O2.HI/c1-25-23(28-14-6-7-18(17-28)15-22(24)29)26-16-21(27-12-4-3-5-13-27)19-8-10-20(30-2)11-9-19;/h8-11,18,21H,3-7,12-17H2,1-2H3,(H2,24,29)(H,25,26);1H. The van der Waals surface area contributed by atoms with E-state index in [0.29, 0.717) is 18.4 Å². The molecule has 3 N–H and O–H groups in total. The zero-order valence-corrected chi connectivity index (χ0v) is 21.2. The van der Waals surface area contributed by atoms with Gasteiger partial charge in [-0.3, -0.25) is 14.7 Å². The fraction of sp³-hybridized carbons (Fsp3) is 0.652. The lowest BCUT2D eigenvalue weighted by Crippen LogP contribution is -2.49. The molecule has 0 aromatic heterocycles. The molecular weight excluding hydrogens is 505 g/mol. The third kappa shape index (κ3) is 7.52. The Morgan fingerprint density at radius 2 is 1.90 bits per heavy atom. The highest BCUT2D eigenvalue weighted by Crippen LogP contribution is 2.26. The Kier molecular flexibility index (Phi) is 10.9. The van der Waals surface area contributed by atoms with Gasteiger partial charge in [-0.15, -0.1) is 24.0 Å². The van der Waals surface area contributed by atoms with Crippen LogP contribution in [0.25, 0.3) is 0 Å². The number of nitrogens with zero attached hydrogens (tertiary/aromatic N) is 3. The second-order valence-electron chi connectivity index (χ2n) is 8.44. The molecule has 0 aliphatic carbocycles. The average Bonchev–Trinajstić information content (AvgIpc) is 2.77. The van der Waals surface area contributed by atoms with Gasteiger partial charge in [-0.05, 0) is 62.4 Å². The zero-order valence-electron chi connectivity index (χ0n) is 18.9. The van der Waals surface area contributed by atoms with Gasteiger partial charge in [-0.2, -0.15) is 0 Å². The minimum Gasteiger partial charge on any atom is -0.497 e. The van der Waals surface area contributed by atoms with Gasteiger partial charge in [-0.1, -0.05) is 18.6 Å². The van der Waals surface area contributed by atoms with E-state index >= 15 is 0 Å². The lowest BCUT2D eigenvalue weighted by atomic mass is 9.95. The molecule has 2 saturated heterocycles. The summed E-state index contributed by atoms with van der Waals surface area (Å²) in [6, 6.07) is 8.72. The Balaban J connectivity index is 0.00000341. The first-order valence-electron chi connectivity index (χ1n) is 11.2. The number of guanidine groups is 1. The molecule has 0 radical (unpaired) electrons. The molecule has 2 fully saturated rings. The quantitative estimate of drug-likeness (QED) is 0.314. The van der Waals surface area contributed by atoms with Crippen LogP contribution in [0.4, 0.5) is 0 Å². The summed E-state index contributed by atoms with van der Waals surface area (Å²) in [6.45, 7) is 4.85. The number of carbonyl (C=O) groups is 1. The summed E-state index contributed by atoms with van der Waals surface area (Å²) in [5.41, 5.74) is 6.72. The van der Waals surface area contributed by atoms with Crippen molar-refractivity contribution in [3.8, 4) is 5.75 Å². The second kappa shape index (κ2) is 13.1. The van der Waals surface area contributed by atoms with Crippen LogP contribution in [-0.4, -0.2) is 68.5 Å². The topological polar surface area (TPSA) is 83.2 Å². The predicted molar refractivity (Wildman–Crippen MR) is 136 cm³/mol. The molecule has 0 saturated carbocycles. The van der Waals surface area contributed by atoms with Gasteiger partial charge < -0.3 is 20.7 Å². The van der Waals surface area contributed by atoms with E-state index in [2.05, 4.69) is 32.2 Å². The molecule has 3 rings (SSSR count). The number of hydrogen-bond acceptors (Lipinski definition) is 4. The molecule has 2 aliphatic heterocycles. The number of piperidine rings is 2. The summed E-state index contributed by atoms with van der Waals surface area (Å²) in [7, 11) is 3.54. The van der Waals surface area contributed by atoms with E-state index in [9.17, 15) is 4.79 Å². The molecular formula is C23H38IN5O2. The maximum Gasteiger partial charge on any atom is 0.217 e. The molecule has 1 amide bonds. The first kappa shape index (κ1) is 25.7. The summed E-state index contributed by atoms with van der Waals surface area (Å²) < 4.78 is 5.34. The SMILES string of the molecule is CN=C(NCC(c1ccc(OC)cc1)N1CCCCC1)N1CCCC(CC(N)=O)C1.I. The van der Waals surface area contributed by atoms with Gasteiger partial charge in [0, 0.05) is 33.1 Å². The van der Waals surface area contributed by atoms with Crippen LogP contribution in [0.1, 0.15) is 50.1 Å². The summed E-state index contributed by atoms with van der Waals surface area (Å²) in [5, 5.41) is 3.62. The summed E-state index contributed by atoms with van der Waals surface area (Å²) in [4.78, 5) is 20.7. The van der Waals surface area contributed by atoms with E-state index < -0.39 is 0 Å². The van der Waals surface area contributed by atoms with Crippen molar-refractivity contribution in [3.05, 3.63) is 29.8 Å². The van der Waals surface area contributed by atoms with Gasteiger partial charge in [0.2, 0.25) is 5.91 Å². The first-order valence-corrected chi connectivity index (χ1v) is 11.2. The molecule has 0 bridgehead atoms. The molecule has 2 aliphatic rings. The van der Waals surface area contributed by atoms with Crippen molar-refractivity contribution in [2.45, 2.75) is 44.6 Å². The number of hydrogen-bond donors (Lipinski definition) is 2. The van der Waals surface area contributed by atoms with Crippen LogP contribution in [-0.2, 0) is 4.79 Å². The molecule has 2 unspecified atom stereocenters. The summed E-state index contributed by atoms with van der Waals surface area (Å²) >= 11 is 0. The van der Waals surface area contributed by atoms with Crippen molar-refractivity contribution in [1.29, 1.82) is 0 Å². The normalized spacial score (nSPS) is 21.2. The number of ether oxygens (including phenoxy) is 1. The van der Waals surface area contributed by atoms with Crippen molar-refractivity contribution in [1.82, 2.24) is 15.1 Å². The van der Waals surface area contributed by atoms with Crippen LogP contribution < -0.4 is 15.8 Å². The Morgan fingerprint density at radius 3 is 2.52 bits per heavy atom. The Morgan fingerprint density at radius 1 is 1.19 bits per heavy atom. The first-order chi connectivity index (χ1) is 14.6. The number of nitrogens with one attached hydrogen (secondary N) is 1. The van der Waals surface area contributed by atoms with E-state index in [1.807, 2.05) is 19.2 Å². The van der Waals surface area contributed by atoms with Crippen LogP contribution in [0, 0.1) is 5.92 Å².